The number of rotatable bonds is 5. The molecule has 3 aromatic rings. The predicted octanol–water partition coefficient (Wildman–Crippen LogP) is 6.72. The molecule has 3 aromatic carbocycles. The van der Waals surface area contributed by atoms with E-state index in [1.807, 2.05) is 18.2 Å². The number of nitrogens with one attached hydrogen (secondary N) is 1. The number of anilines is 1. The highest BCUT2D eigenvalue weighted by atomic mass is 127. The third-order valence-corrected chi connectivity index (χ3v) is 7.14. The number of benzene rings is 3. The Balaban J connectivity index is 1.61. The molecule has 1 N–H and O–H groups in total. The molecular formula is C24H14Br2ClIN2O4. The number of hydrogen-bond acceptors (Lipinski definition) is 4. The minimum atomic E-state index is -0.798. The van der Waals surface area contributed by atoms with Gasteiger partial charge in [0.2, 0.25) is 0 Å². The van der Waals surface area contributed by atoms with E-state index < -0.39 is 17.8 Å². The van der Waals surface area contributed by atoms with E-state index in [9.17, 15) is 14.4 Å². The Labute approximate surface area is 230 Å². The van der Waals surface area contributed by atoms with Crippen LogP contribution in [0.15, 0.2) is 75.2 Å². The van der Waals surface area contributed by atoms with Gasteiger partial charge >= 0.3 is 6.03 Å². The van der Waals surface area contributed by atoms with Gasteiger partial charge in [0.1, 0.15) is 17.9 Å². The Hall–Kier alpha value is -2.21. The van der Waals surface area contributed by atoms with Crippen LogP contribution in [0.3, 0.4) is 0 Å². The van der Waals surface area contributed by atoms with E-state index in [-0.39, 0.29) is 12.2 Å². The van der Waals surface area contributed by atoms with Gasteiger partial charge in [-0.2, -0.15) is 0 Å². The molecule has 0 aromatic heterocycles. The Morgan fingerprint density at radius 3 is 2.41 bits per heavy atom. The molecule has 1 aliphatic heterocycles. The quantitative estimate of drug-likeness (QED) is 0.181. The van der Waals surface area contributed by atoms with Crippen LogP contribution < -0.4 is 15.0 Å². The Bertz CT molecular complexity index is 1320. The smallest absolute Gasteiger partial charge is 0.335 e. The van der Waals surface area contributed by atoms with E-state index in [1.54, 1.807) is 42.5 Å². The molecule has 0 radical (unpaired) electrons. The summed E-state index contributed by atoms with van der Waals surface area (Å²) in [6.45, 7) is 0.278. The summed E-state index contributed by atoms with van der Waals surface area (Å²) in [5.74, 6) is -0.858. The first-order valence-corrected chi connectivity index (χ1v) is 12.8. The summed E-state index contributed by atoms with van der Waals surface area (Å²) >= 11 is 15.1. The van der Waals surface area contributed by atoms with Crippen LogP contribution in [0.25, 0.3) is 6.08 Å². The zero-order chi connectivity index (χ0) is 24.4. The summed E-state index contributed by atoms with van der Waals surface area (Å²) < 4.78 is 8.15. The Morgan fingerprint density at radius 2 is 1.74 bits per heavy atom. The number of barbiturate groups is 1. The average Bonchev–Trinajstić information content (AvgIpc) is 2.78. The van der Waals surface area contributed by atoms with Crippen LogP contribution in [0.1, 0.15) is 11.1 Å². The molecule has 1 aliphatic rings. The molecule has 0 aliphatic carbocycles. The number of ether oxygens (including phenoxy) is 1. The predicted molar refractivity (Wildman–Crippen MR) is 146 cm³/mol. The molecule has 0 spiro atoms. The highest BCUT2D eigenvalue weighted by Gasteiger charge is 2.36. The van der Waals surface area contributed by atoms with Crippen molar-refractivity contribution in [2.45, 2.75) is 6.61 Å². The average molecular weight is 717 g/mol. The summed E-state index contributed by atoms with van der Waals surface area (Å²) in [6.07, 6.45) is 1.45. The third-order valence-electron chi connectivity index (χ3n) is 4.85. The summed E-state index contributed by atoms with van der Waals surface area (Å²) in [4.78, 5) is 38.8. The number of imide groups is 2. The van der Waals surface area contributed by atoms with E-state index in [1.165, 1.54) is 6.08 Å². The molecule has 10 heteroatoms. The number of carbonyl (C=O) groups is 3. The number of amides is 4. The van der Waals surface area contributed by atoms with Gasteiger partial charge in [0.05, 0.1) is 13.7 Å². The van der Waals surface area contributed by atoms with Crippen molar-refractivity contribution in [2.24, 2.45) is 0 Å². The first-order chi connectivity index (χ1) is 16.2. The molecule has 6 nitrogen and oxygen atoms in total. The number of carbonyl (C=O) groups excluding carboxylic acids is 3. The van der Waals surface area contributed by atoms with Crippen molar-refractivity contribution in [3.05, 3.63) is 94.9 Å². The number of hydrogen-bond donors (Lipinski definition) is 1. The van der Waals surface area contributed by atoms with Crippen LogP contribution in [-0.4, -0.2) is 17.8 Å². The minimum absolute atomic E-state index is 0.157. The maximum atomic E-state index is 13.1. The first kappa shape index (κ1) is 24.9. The van der Waals surface area contributed by atoms with Crippen LogP contribution in [-0.2, 0) is 16.2 Å². The molecule has 1 saturated heterocycles. The fourth-order valence-electron chi connectivity index (χ4n) is 3.21. The van der Waals surface area contributed by atoms with Crippen LogP contribution in [0.4, 0.5) is 10.5 Å². The van der Waals surface area contributed by atoms with Crippen molar-refractivity contribution < 1.29 is 19.1 Å². The Morgan fingerprint density at radius 1 is 1.03 bits per heavy atom. The molecule has 4 rings (SSSR count). The lowest BCUT2D eigenvalue weighted by Crippen LogP contribution is -2.54. The molecule has 1 heterocycles. The van der Waals surface area contributed by atoms with E-state index in [0.29, 0.717) is 26.5 Å². The Kier molecular flexibility index (Phi) is 7.76. The van der Waals surface area contributed by atoms with Gasteiger partial charge < -0.3 is 4.74 Å². The van der Waals surface area contributed by atoms with E-state index in [4.69, 9.17) is 16.3 Å². The largest absolute Gasteiger partial charge is 0.487 e. The second kappa shape index (κ2) is 10.6. The summed E-state index contributed by atoms with van der Waals surface area (Å²) in [5, 5.41) is 2.84. The topological polar surface area (TPSA) is 75.7 Å². The van der Waals surface area contributed by atoms with Crippen molar-refractivity contribution in [1.29, 1.82) is 0 Å². The van der Waals surface area contributed by atoms with Crippen molar-refractivity contribution in [2.75, 3.05) is 4.90 Å². The van der Waals surface area contributed by atoms with Crippen molar-refractivity contribution >= 4 is 95.7 Å². The lowest BCUT2D eigenvalue weighted by Gasteiger charge is -2.26. The number of urea groups is 1. The molecule has 172 valence electrons. The number of halogens is 4. The fraction of sp³-hybridized carbons (Fsp3) is 0.0417. The lowest BCUT2D eigenvalue weighted by atomic mass is 10.1. The SMILES string of the molecule is O=C1NC(=O)N(c2ccc(Br)cc2)C(=O)/C1=C/c1cc(Br)c(OCc2ccccc2Cl)c(I)c1. The van der Waals surface area contributed by atoms with Crippen LogP contribution in [0, 0.1) is 3.57 Å². The molecular weight excluding hydrogens is 702 g/mol. The maximum Gasteiger partial charge on any atom is 0.335 e. The molecule has 0 atom stereocenters. The minimum Gasteiger partial charge on any atom is -0.487 e. The summed E-state index contributed by atoms with van der Waals surface area (Å²) in [6, 6.07) is 16.8. The standard InChI is InChI=1S/C24H14Br2ClIN2O4/c25-15-5-7-16(8-6-15)30-23(32)17(22(31)29-24(30)33)9-13-10-18(26)21(20(28)11-13)34-12-14-3-1-2-4-19(14)27/h1-11H,12H2,(H,29,31,33)/b17-9+. The molecule has 0 bridgehead atoms. The highest BCUT2D eigenvalue weighted by molar-refractivity contribution is 14.1. The van der Waals surface area contributed by atoms with Crippen molar-refractivity contribution in [1.82, 2.24) is 5.32 Å². The van der Waals surface area contributed by atoms with Gasteiger partial charge in [-0.3, -0.25) is 14.9 Å². The summed E-state index contributed by atoms with van der Waals surface area (Å²) in [5.41, 5.74) is 1.63. The molecule has 4 amide bonds. The molecule has 0 unspecified atom stereocenters. The van der Waals surface area contributed by atoms with Gasteiger partial charge in [0, 0.05) is 15.1 Å². The van der Waals surface area contributed by atoms with Gasteiger partial charge in [-0.25, -0.2) is 9.69 Å². The second-order valence-corrected chi connectivity index (χ2v) is 10.5. The normalized spacial score (nSPS) is 15.0. The van der Waals surface area contributed by atoms with Gasteiger partial charge in [0.15, 0.2) is 0 Å². The fourth-order valence-corrected chi connectivity index (χ4v) is 5.44. The molecule has 1 fully saturated rings. The van der Waals surface area contributed by atoms with Gasteiger partial charge in [-0.1, -0.05) is 45.7 Å². The van der Waals surface area contributed by atoms with E-state index in [2.05, 4.69) is 59.8 Å². The maximum absolute atomic E-state index is 13.1. The lowest BCUT2D eigenvalue weighted by molar-refractivity contribution is -0.122. The van der Waals surface area contributed by atoms with Crippen LogP contribution >= 0.6 is 66.1 Å². The van der Waals surface area contributed by atoms with Gasteiger partial charge in [-0.05, 0) is 92.6 Å². The monoisotopic (exact) mass is 714 g/mol. The summed E-state index contributed by atoms with van der Waals surface area (Å²) in [7, 11) is 0. The van der Waals surface area contributed by atoms with Crippen molar-refractivity contribution in [3.63, 3.8) is 0 Å². The third kappa shape index (κ3) is 5.37. The van der Waals surface area contributed by atoms with Crippen LogP contribution in [0.5, 0.6) is 5.75 Å². The van der Waals surface area contributed by atoms with E-state index in [0.717, 1.165) is 18.5 Å². The molecule has 0 saturated carbocycles. The van der Waals surface area contributed by atoms with E-state index >= 15 is 0 Å². The molecule has 34 heavy (non-hydrogen) atoms. The van der Waals surface area contributed by atoms with Crippen LogP contribution in [0.2, 0.25) is 5.02 Å². The zero-order valence-electron chi connectivity index (χ0n) is 17.2. The zero-order valence-corrected chi connectivity index (χ0v) is 23.2. The van der Waals surface area contributed by atoms with Crippen molar-refractivity contribution in [3.8, 4) is 5.75 Å². The second-order valence-electron chi connectivity index (χ2n) is 7.13. The number of nitrogens with zero attached hydrogens (tertiary/aromatic N) is 1. The van der Waals surface area contributed by atoms with Gasteiger partial charge in [0.25, 0.3) is 11.8 Å². The van der Waals surface area contributed by atoms with Gasteiger partial charge in [-0.15, -0.1) is 0 Å². The highest BCUT2D eigenvalue weighted by Crippen LogP contribution is 2.34. The first-order valence-electron chi connectivity index (χ1n) is 9.77.